The summed E-state index contributed by atoms with van der Waals surface area (Å²) in [6.07, 6.45) is 0. The Balaban J connectivity index is 2.09. The lowest BCUT2D eigenvalue weighted by molar-refractivity contribution is 0.0542. The Morgan fingerprint density at radius 1 is 1.12 bits per heavy atom. The molecule has 130 valence electrons. The fourth-order valence-electron chi connectivity index (χ4n) is 2.55. The van der Waals surface area contributed by atoms with Gasteiger partial charge in [-0.05, 0) is 37.6 Å². The van der Waals surface area contributed by atoms with Crippen LogP contribution in [0.2, 0.25) is 0 Å². The lowest BCUT2D eigenvalue weighted by Gasteiger charge is -2.27. The zero-order valence-electron chi connectivity index (χ0n) is 14.5. The molecule has 0 radical (unpaired) electrons. The van der Waals surface area contributed by atoms with Crippen molar-refractivity contribution in [2.45, 2.75) is 25.5 Å². The lowest BCUT2D eigenvalue weighted by atomic mass is 9.95. The monoisotopic (exact) mass is 333 g/mol. The van der Waals surface area contributed by atoms with Gasteiger partial charge in [0.25, 0.3) is 0 Å². The first kappa shape index (κ1) is 18.2. The van der Waals surface area contributed by atoms with Gasteiger partial charge in [-0.2, -0.15) is 0 Å². The van der Waals surface area contributed by atoms with Gasteiger partial charge in [-0.1, -0.05) is 18.2 Å². The lowest BCUT2D eigenvalue weighted by Crippen LogP contribution is -2.36. The van der Waals surface area contributed by atoms with Crippen LogP contribution < -0.4 is 14.8 Å². The number of hydrogen-bond donors (Lipinski definition) is 2. The first-order chi connectivity index (χ1) is 11.4. The normalized spacial score (nSPS) is 14.8. The van der Waals surface area contributed by atoms with Gasteiger partial charge in [-0.25, -0.2) is 4.39 Å². The van der Waals surface area contributed by atoms with Crippen LogP contribution in [0.3, 0.4) is 0 Å². The molecule has 0 amide bonds. The van der Waals surface area contributed by atoms with Crippen LogP contribution in [0.5, 0.6) is 11.5 Å². The minimum atomic E-state index is -1.11. The van der Waals surface area contributed by atoms with E-state index in [1.165, 1.54) is 12.1 Å². The number of nitrogens with one attached hydrogen (secondary N) is 1. The molecule has 0 saturated heterocycles. The van der Waals surface area contributed by atoms with E-state index in [2.05, 4.69) is 5.32 Å². The van der Waals surface area contributed by atoms with Crippen LogP contribution in [0.1, 0.15) is 31.0 Å². The van der Waals surface area contributed by atoms with E-state index < -0.39 is 5.60 Å². The molecule has 24 heavy (non-hydrogen) atoms. The summed E-state index contributed by atoms with van der Waals surface area (Å²) >= 11 is 0. The molecule has 0 saturated carbocycles. The van der Waals surface area contributed by atoms with Gasteiger partial charge in [0.1, 0.15) is 17.3 Å². The van der Waals surface area contributed by atoms with Crippen LogP contribution in [0.25, 0.3) is 0 Å². The van der Waals surface area contributed by atoms with E-state index in [1.54, 1.807) is 33.3 Å². The summed E-state index contributed by atoms with van der Waals surface area (Å²) in [6.45, 7) is 4.01. The van der Waals surface area contributed by atoms with Crippen LogP contribution >= 0.6 is 0 Å². The molecular weight excluding hydrogens is 309 g/mol. The molecule has 0 bridgehead atoms. The molecule has 2 unspecified atom stereocenters. The molecular formula is C19H24FNO3. The standard InChI is InChI=1S/C19H24FNO3/c1-13(17-10-9-16(23-3)11-18(17)24-4)21-12-19(2,22)14-5-7-15(20)8-6-14/h5-11,13,21-22H,12H2,1-4H3. The molecule has 0 spiro atoms. The first-order valence-electron chi connectivity index (χ1n) is 7.81. The van der Waals surface area contributed by atoms with Gasteiger partial charge in [0.2, 0.25) is 0 Å². The van der Waals surface area contributed by atoms with Gasteiger partial charge in [-0.15, -0.1) is 0 Å². The van der Waals surface area contributed by atoms with Crippen LogP contribution in [0.4, 0.5) is 4.39 Å². The van der Waals surface area contributed by atoms with Crippen molar-refractivity contribution < 1.29 is 19.0 Å². The summed E-state index contributed by atoms with van der Waals surface area (Å²) in [5.41, 5.74) is 0.514. The molecule has 2 aromatic carbocycles. The zero-order valence-corrected chi connectivity index (χ0v) is 14.5. The minimum absolute atomic E-state index is 0.0437. The van der Waals surface area contributed by atoms with Gasteiger partial charge < -0.3 is 19.9 Å². The van der Waals surface area contributed by atoms with Gasteiger partial charge >= 0.3 is 0 Å². The van der Waals surface area contributed by atoms with Gasteiger partial charge in [-0.3, -0.25) is 0 Å². The number of rotatable bonds is 7. The van der Waals surface area contributed by atoms with E-state index in [9.17, 15) is 9.50 Å². The highest BCUT2D eigenvalue weighted by Gasteiger charge is 2.24. The van der Waals surface area contributed by atoms with Crippen molar-refractivity contribution in [2.75, 3.05) is 20.8 Å². The number of benzene rings is 2. The summed E-state index contributed by atoms with van der Waals surface area (Å²) in [5.74, 6) is 1.12. The third-order valence-corrected chi connectivity index (χ3v) is 4.13. The first-order valence-corrected chi connectivity index (χ1v) is 7.81. The number of methoxy groups -OCH3 is 2. The fourth-order valence-corrected chi connectivity index (χ4v) is 2.55. The highest BCUT2D eigenvalue weighted by atomic mass is 19.1. The highest BCUT2D eigenvalue weighted by Crippen LogP contribution is 2.30. The van der Waals surface area contributed by atoms with E-state index in [-0.39, 0.29) is 11.9 Å². The zero-order chi connectivity index (χ0) is 17.7. The number of hydrogen-bond acceptors (Lipinski definition) is 4. The third kappa shape index (κ3) is 4.24. The summed E-state index contributed by atoms with van der Waals surface area (Å²) < 4.78 is 23.7. The van der Waals surface area contributed by atoms with Crippen LogP contribution in [-0.4, -0.2) is 25.9 Å². The fraction of sp³-hybridized carbons (Fsp3) is 0.368. The number of ether oxygens (including phenoxy) is 2. The Hall–Kier alpha value is -2.11. The van der Waals surface area contributed by atoms with Gasteiger partial charge in [0, 0.05) is 24.2 Å². The van der Waals surface area contributed by atoms with E-state index >= 15 is 0 Å². The average Bonchev–Trinajstić information content (AvgIpc) is 2.59. The summed E-state index contributed by atoms with van der Waals surface area (Å²) in [4.78, 5) is 0. The molecule has 0 fully saturated rings. The van der Waals surface area contributed by atoms with Gasteiger partial charge in [0.15, 0.2) is 0 Å². The molecule has 2 atom stereocenters. The summed E-state index contributed by atoms with van der Waals surface area (Å²) in [7, 11) is 3.22. The molecule has 2 aromatic rings. The smallest absolute Gasteiger partial charge is 0.127 e. The molecule has 0 aromatic heterocycles. The van der Waals surface area contributed by atoms with Crippen molar-refractivity contribution in [3.63, 3.8) is 0 Å². The van der Waals surface area contributed by atoms with Crippen molar-refractivity contribution in [2.24, 2.45) is 0 Å². The molecule has 0 aliphatic carbocycles. The van der Waals surface area contributed by atoms with Crippen LogP contribution in [0, 0.1) is 5.82 Å². The van der Waals surface area contributed by atoms with Crippen molar-refractivity contribution in [1.29, 1.82) is 0 Å². The third-order valence-electron chi connectivity index (χ3n) is 4.13. The van der Waals surface area contributed by atoms with Crippen molar-refractivity contribution in [1.82, 2.24) is 5.32 Å². The maximum atomic E-state index is 13.0. The maximum Gasteiger partial charge on any atom is 0.127 e. The Kier molecular flexibility index (Phi) is 5.80. The van der Waals surface area contributed by atoms with Crippen molar-refractivity contribution >= 4 is 0 Å². The van der Waals surface area contributed by atoms with E-state index in [0.717, 1.165) is 17.1 Å². The molecule has 5 heteroatoms. The topological polar surface area (TPSA) is 50.7 Å². The predicted molar refractivity (Wildman–Crippen MR) is 91.9 cm³/mol. The van der Waals surface area contributed by atoms with Crippen LogP contribution in [-0.2, 0) is 5.60 Å². The number of halogens is 1. The molecule has 0 heterocycles. The molecule has 2 rings (SSSR count). The van der Waals surface area contributed by atoms with Crippen LogP contribution in [0.15, 0.2) is 42.5 Å². The largest absolute Gasteiger partial charge is 0.497 e. The molecule has 0 aliphatic heterocycles. The summed E-state index contributed by atoms with van der Waals surface area (Å²) in [6, 6.07) is 11.5. The summed E-state index contributed by atoms with van der Waals surface area (Å²) in [5, 5.41) is 13.9. The quantitative estimate of drug-likeness (QED) is 0.815. The molecule has 0 aliphatic rings. The van der Waals surface area contributed by atoms with E-state index in [0.29, 0.717) is 12.1 Å². The average molecular weight is 333 g/mol. The second-order valence-corrected chi connectivity index (χ2v) is 5.99. The molecule has 2 N–H and O–H groups in total. The van der Waals surface area contributed by atoms with Gasteiger partial charge in [0.05, 0.1) is 19.8 Å². The molecule has 4 nitrogen and oxygen atoms in total. The van der Waals surface area contributed by atoms with E-state index in [4.69, 9.17) is 9.47 Å². The second kappa shape index (κ2) is 7.64. The maximum absolute atomic E-state index is 13.0. The minimum Gasteiger partial charge on any atom is -0.497 e. The predicted octanol–water partition coefficient (Wildman–Crippen LogP) is 3.40. The van der Waals surface area contributed by atoms with E-state index in [1.807, 2.05) is 25.1 Å². The highest BCUT2D eigenvalue weighted by molar-refractivity contribution is 5.42. The Morgan fingerprint density at radius 2 is 1.79 bits per heavy atom. The SMILES string of the molecule is COc1ccc(C(C)NCC(C)(O)c2ccc(F)cc2)c(OC)c1. The Morgan fingerprint density at radius 3 is 2.38 bits per heavy atom. The van der Waals surface area contributed by atoms with Crippen molar-refractivity contribution in [3.8, 4) is 11.5 Å². The number of aliphatic hydroxyl groups is 1. The van der Waals surface area contributed by atoms with Crippen molar-refractivity contribution in [3.05, 3.63) is 59.4 Å². The Labute approximate surface area is 142 Å². The second-order valence-electron chi connectivity index (χ2n) is 5.99. The Bertz CT molecular complexity index is 671.